The summed E-state index contributed by atoms with van der Waals surface area (Å²) in [6.45, 7) is 0.738. The molecule has 0 aromatic rings. The van der Waals surface area contributed by atoms with Crippen molar-refractivity contribution in [1.29, 1.82) is 0 Å². The van der Waals surface area contributed by atoms with Crippen molar-refractivity contribution in [2.75, 3.05) is 20.8 Å². The molecule has 4 rings (SSSR count). The summed E-state index contributed by atoms with van der Waals surface area (Å²) in [7, 11) is 2.64. The van der Waals surface area contributed by atoms with E-state index < -0.39 is 12.2 Å². The van der Waals surface area contributed by atoms with Gasteiger partial charge < -0.3 is 9.47 Å². The number of amides is 2. The first kappa shape index (κ1) is 11.9. The fourth-order valence-corrected chi connectivity index (χ4v) is 4.57. The molecule has 108 valence electrons. The monoisotopic (exact) mass is 280 g/mol. The van der Waals surface area contributed by atoms with Crippen LogP contribution in [0.5, 0.6) is 0 Å². The Morgan fingerprint density at radius 3 is 2.20 bits per heavy atom. The highest BCUT2D eigenvalue weighted by molar-refractivity contribution is 5.77. The van der Waals surface area contributed by atoms with Crippen LogP contribution in [0.4, 0.5) is 9.59 Å². The fraction of sp³-hybridized carbons (Fsp3) is 0.833. The van der Waals surface area contributed by atoms with E-state index in [-0.39, 0.29) is 24.0 Å². The zero-order valence-electron chi connectivity index (χ0n) is 11.3. The summed E-state index contributed by atoms with van der Waals surface area (Å²) >= 11 is 0. The SMILES string of the molecule is COC(=O)N1[C@@H]2[C@@H]([C@@H]3C[C@H]2C2CN=NC23)N1C(=O)OC. The number of nitrogens with zero attached hydrogens (tertiary/aromatic N) is 4. The maximum atomic E-state index is 11.9. The molecule has 2 bridgehead atoms. The van der Waals surface area contributed by atoms with Crippen LogP contribution in [-0.2, 0) is 9.47 Å². The van der Waals surface area contributed by atoms with Gasteiger partial charge in [0.15, 0.2) is 0 Å². The molecule has 2 aliphatic heterocycles. The Morgan fingerprint density at radius 2 is 1.60 bits per heavy atom. The van der Waals surface area contributed by atoms with E-state index >= 15 is 0 Å². The average molecular weight is 280 g/mol. The van der Waals surface area contributed by atoms with E-state index in [1.165, 1.54) is 24.2 Å². The molecule has 0 aromatic carbocycles. The van der Waals surface area contributed by atoms with E-state index in [0.717, 1.165) is 13.0 Å². The number of carbonyl (C=O) groups is 2. The van der Waals surface area contributed by atoms with Crippen molar-refractivity contribution >= 4 is 12.2 Å². The van der Waals surface area contributed by atoms with Crippen LogP contribution in [0.15, 0.2) is 10.2 Å². The quantitative estimate of drug-likeness (QED) is 0.659. The van der Waals surface area contributed by atoms with E-state index in [1.807, 2.05) is 0 Å². The van der Waals surface area contributed by atoms with Gasteiger partial charge in [-0.3, -0.25) is 0 Å². The zero-order chi connectivity index (χ0) is 14.0. The third-order valence-electron chi connectivity index (χ3n) is 5.23. The van der Waals surface area contributed by atoms with Gasteiger partial charge in [-0.15, -0.1) is 0 Å². The van der Waals surface area contributed by atoms with Crippen molar-refractivity contribution in [2.24, 2.45) is 28.0 Å². The molecule has 6 atom stereocenters. The van der Waals surface area contributed by atoms with E-state index in [0.29, 0.717) is 11.8 Å². The Hall–Kier alpha value is -1.86. The summed E-state index contributed by atoms with van der Waals surface area (Å²) in [5, 5.41) is 11.3. The van der Waals surface area contributed by atoms with Crippen LogP contribution in [0.1, 0.15) is 6.42 Å². The van der Waals surface area contributed by atoms with E-state index in [4.69, 9.17) is 9.47 Å². The lowest BCUT2D eigenvalue weighted by molar-refractivity contribution is -0.185. The molecule has 4 aliphatic rings. The summed E-state index contributed by atoms with van der Waals surface area (Å²) in [5.74, 6) is 1.04. The van der Waals surface area contributed by atoms with E-state index in [2.05, 4.69) is 10.2 Å². The summed E-state index contributed by atoms with van der Waals surface area (Å²) in [6, 6.07) is 0.217. The van der Waals surface area contributed by atoms with Gasteiger partial charge in [0, 0.05) is 11.8 Å². The smallest absolute Gasteiger partial charge is 0.429 e. The molecule has 8 heteroatoms. The molecule has 2 amide bonds. The first-order valence-electron chi connectivity index (χ1n) is 6.80. The molecule has 2 aliphatic carbocycles. The van der Waals surface area contributed by atoms with Crippen molar-refractivity contribution in [2.45, 2.75) is 24.5 Å². The Bertz CT molecular complexity index is 510. The van der Waals surface area contributed by atoms with E-state index in [1.54, 1.807) is 0 Å². The summed E-state index contributed by atoms with van der Waals surface area (Å²) < 4.78 is 9.59. The van der Waals surface area contributed by atoms with Crippen LogP contribution in [-0.4, -0.2) is 61.1 Å². The van der Waals surface area contributed by atoms with Crippen molar-refractivity contribution in [1.82, 2.24) is 10.0 Å². The number of fused-ring (bicyclic) bond motifs is 8. The van der Waals surface area contributed by atoms with Gasteiger partial charge in [0.2, 0.25) is 0 Å². The first-order valence-corrected chi connectivity index (χ1v) is 6.80. The first-order chi connectivity index (χ1) is 9.69. The molecular formula is C12H16N4O4. The number of methoxy groups -OCH3 is 2. The fourth-order valence-electron chi connectivity index (χ4n) is 4.57. The maximum Gasteiger partial charge on any atom is 0.429 e. The van der Waals surface area contributed by atoms with Crippen molar-refractivity contribution in [3.05, 3.63) is 0 Å². The molecule has 20 heavy (non-hydrogen) atoms. The van der Waals surface area contributed by atoms with Crippen molar-refractivity contribution in [3.8, 4) is 0 Å². The zero-order valence-corrected chi connectivity index (χ0v) is 11.3. The van der Waals surface area contributed by atoms with Crippen LogP contribution in [0, 0.1) is 17.8 Å². The standard InChI is InChI=1S/C12H16N4O4/c1-19-11(17)15-9-5-3-6(8-7(5)4-13-14-8)10(9)16(15)12(18)20-2/h5-10H,3-4H2,1-2H3/t5-,6+,7?,8?,9-,10+/m0/s1. The Balaban J connectivity index is 1.67. The van der Waals surface area contributed by atoms with E-state index in [9.17, 15) is 9.59 Å². The number of azo groups is 1. The van der Waals surface area contributed by atoms with Gasteiger partial charge in [0.05, 0.1) is 38.9 Å². The highest BCUT2D eigenvalue weighted by atomic mass is 16.6. The predicted molar refractivity (Wildman–Crippen MR) is 64.7 cm³/mol. The van der Waals surface area contributed by atoms with Gasteiger partial charge in [0.25, 0.3) is 0 Å². The number of carbonyl (C=O) groups excluding carboxylic acids is 2. The predicted octanol–water partition coefficient (Wildman–Crippen LogP) is 0.889. The van der Waals surface area contributed by atoms with Crippen LogP contribution in [0.25, 0.3) is 0 Å². The lowest BCUT2D eigenvalue weighted by atomic mass is 9.76. The molecule has 0 radical (unpaired) electrons. The molecule has 0 N–H and O–H groups in total. The summed E-state index contributed by atoms with van der Waals surface area (Å²) in [6.07, 6.45) is -0.0340. The lowest BCUT2D eigenvalue weighted by Gasteiger charge is -2.57. The normalized spacial score (nSPS) is 43.1. The maximum absolute atomic E-state index is 11.9. The largest absolute Gasteiger partial charge is 0.452 e. The van der Waals surface area contributed by atoms with Crippen LogP contribution < -0.4 is 0 Å². The number of hydrogen-bond acceptors (Lipinski definition) is 6. The van der Waals surface area contributed by atoms with Crippen LogP contribution in [0.2, 0.25) is 0 Å². The number of rotatable bonds is 0. The van der Waals surface area contributed by atoms with Crippen LogP contribution in [0.3, 0.4) is 0 Å². The van der Waals surface area contributed by atoms with Gasteiger partial charge in [-0.2, -0.15) is 10.2 Å². The molecule has 0 aromatic heterocycles. The Kier molecular flexibility index (Phi) is 2.28. The molecule has 2 heterocycles. The average Bonchev–Trinajstić information content (AvgIpc) is 3.08. The van der Waals surface area contributed by atoms with Gasteiger partial charge in [0.1, 0.15) is 0 Å². The second-order valence-electron chi connectivity index (χ2n) is 5.77. The van der Waals surface area contributed by atoms with Gasteiger partial charge in [-0.1, -0.05) is 0 Å². The molecule has 3 fully saturated rings. The molecular weight excluding hydrogens is 264 g/mol. The lowest BCUT2D eigenvalue weighted by Crippen LogP contribution is -2.77. The number of hydrogen-bond donors (Lipinski definition) is 0. The molecule has 2 unspecified atom stereocenters. The second-order valence-corrected chi connectivity index (χ2v) is 5.77. The number of hydrazine groups is 1. The molecule has 2 saturated carbocycles. The highest BCUT2D eigenvalue weighted by Gasteiger charge is 2.71. The van der Waals surface area contributed by atoms with Gasteiger partial charge >= 0.3 is 12.2 Å². The van der Waals surface area contributed by atoms with Gasteiger partial charge in [-0.05, 0) is 12.3 Å². The third kappa shape index (κ3) is 1.17. The minimum absolute atomic E-state index is 0.00940. The highest BCUT2D eigenvalue weighted by Crippen LogP contribution is 2.59. The molecule has 8 nitrogen and oxygen atoms in total. The minimum atomic E-state index is -0.518. The Labute approximate surface area is 115 Å². The topological polar surface area (TPSA) is 83.8 Å². The van der Waals surface area contributed by atoms with Gasteiger partial charge in [-0.25, -0.2) is 19.6 Å². The Morgan fingerprint density at radius 1 is 1.00 bits per heavy atom. The van der Waals surface area contributed by atoms with Crippen LogP contribution >= 0.6 is 0 Å². The molecule has 0 spiro atoms. The number of ether oxygens (including phenoxy) is 2. The summed E-state index contributed by atoms with van der Waals surface area (Å²) in [5.41, 5.74) is 0. The summed E-state index contributed by atoms with van der Waals surface area (Å²) in [4.78, 5) is 23.9. The molecule has 1 saturated heterocycles. The van der Waals surface area contributed by atoms with Crippen molar-refractivity contribution in [3.63, 3.8) is 0 Å². The third-order valence-corrected chi connectivity index (χ3v) is 5.23. The van der Waals surface area contributed by atoms with Crippen molar-refractivity contribution < 1.29 is 19.1 Å². The minimum Gasteiger partial charge on any atom is -0.452 e. The second kappa shape index (κ2) is 3.83.